The summed E-state index contributed by atoms with van der Waals surface area (Å²) in [5.74, 6) is 1.51. The van der Waals surface area contributed by atoms with Crippen LogP contribution in [0.1, 0.15) is 31.2 Å². The average molecular weight is 523 g/mol. The molecule has 1 aliphatic carbocycles. The quantitative estimate of drug-likeness (QED) is 0.549. The van der Waals surface area contributed by atoms with E-state index < -0.39 is 0 Å². The van der Waals surface area contributed by atoms with Gasteiger partial charge in [-0.2, -0.15) is 0 Å². The standard InChI is InChI=1S/C24H29BrClN3O3/c1-29-11-10-24(15-4-7-20(31-2)21(12-15)32-3)9-8-17(14-22(24)29)27-23(30)28-19-6-5-16(25)13-18(19)26/h4-7,12-13,17,22H,8-11,14H2,1-3H3,(H2,27,28,30)/t17-,22+,24+/m1/s1. The highest BCUT2D eigenvalue weighted by Crippen LogP contribution is 2.49. The van der Waals surface area contributed by atoms with Gasteiger partial charge in [-0.25, -0.2) is 4.79 Å². The first kappa shape index (κ1) is 23.2. The highest BCUT2D eigenvalue weighted by atomic mass is 79.9. The Labute approximate surface area is 202 Å². The van der Waals surface area contributed by atoms with Gasteiger partial charge in [0.15, 0.2) is 11.5 Å². The van der Waals surface area contributed by atoms with E-state index >= 15 is 0 Å². The molecule has 2 fully saturated rings. The predicted octanol–water partition coefficient (Wildman–Crippen LogP) is 5.44. The largest absolute Gasteiger partial charge is 0.493 e. The molecule has 0 spiro atoms. The molecule has 2 aliphatic rings. The Bertz CT molecular complexity index is 1000. The van der Waals surface area contributed by atoms with Crippen molar-refractivity contribution in [2.24, 2.45) is 0 Å². The summed E-state index contributed by atoms with van der Waals surface area (Å²) in [4.78, 5) is 15.1. The zero-order valence-electron chi connectivity index (χ0n) is 18.6. The Morgan fingerprint density at radius 2 is 1.94 bits per heavy atom. The van der Waals surface area contributed by atoms with Crippen molar-refractivity contribution in [3.05, 3.63) is 51.5 Å². The van der Waals surface area contributed by atoms with Crippen LogP contribution in [-0.4, -0.2) is 50.8 Å². The Morgan fingerprint density at radius 3 is 2.66 bits per heavy atom. The molecule has 1 heterocycles. The summed E-state index contributed by atoms with van der Waals surface area (Å²) in [6.45, 7) is 1.03. The number of nitrogens with zero attached hydrogens (tertiary/aromatic N) is 1. The fraction of sp³-hybridized carbons (Fsp3) is 0.458. The number of benzene rings is 2. The molecule has 2 aromatic rings. The summed E-state index contributed by atoms with van der Waals surface area (Å²) in [6, 6.07) is 11.9. The van der Waals surface area contributed by atoms with Crippen molar-refractivity contribution in [2.45, 2.75) is 43.2 Å². The molecule has 8 heteroatoms. The molecule has 2 N–H and O–H groups in total. The molecule has 1 saturated carbocycles. The molecule has 3 atom stereocenters. The number of likely N-dealkylation sites (N-methyl/N-ethyl adjacent to an activating group) is 1. The van der Waals surface area contributed by atoms with Gasteiger partial charge in [-0.3, -0.25) is 0 Å². The van der Waals surface area contributed by atoms with Gasteiger partial charge in [0, 0.05) is 22.0 Å². The second-order valence-electron chi connectivity index (χ2n) is 8.67. The van der Waals surface area contributed by atoms with E-state index in [0.29, 0.717) is 16.8 Å². The van der Waals surface area contributed by atoms with Crippen LogP contribution >= 0.6 is 27.5 Å². The number of urea groups is 1. The highest BCUT2D eigenvalue weighted by molar-refractivity contribution is 9.10. The minimum Gasteiger partial charge on any atom is -0.493 e. The van der Waals surface area contributed by atoms with Crippen LogP contribution in [0.4, 0.5) is 10.5 Å². The van der Waals surface area contributed by atoms with Crippen molar-refractivity contribution in [3.8, 4) is 11.5 Å². The fourth-order valence-corrected chi connectivity index (χ4v) is 6.05. The van der Waals surface area contributed by atoms with Crippen LogP contribution in [-0.2, 0) is 5.41 Å². The number of halogens is 2. The van der Waals surface area contributed by atoms with Gasteiger partial charge < -0.3 is 25.0 Å². The number of likely N-dealkylation sites (tertiary alicyclic amines) is 1. The van der Waals surface area contributed by atoms with Gasteiger partial charge in [-0.05, 0) is 75.2 Å². The van der Waals surface area contributed by atoms with Crippen LogP contribution < -0.4 is 20.1 Å². The lowest BCUT2D eigenvalue weighted by molar-refractivity contribution is 0.156. The van der Waals surface area contributed by atoms with Gasteiger partial charge in [-0.15, -0.1) is 0 Å². The molecule has 6 nitrogen and oxygen atoms in total. The number of rotatable bonds is 5. The van der Waals surface area contributed by atoms with Gasteiger partial charge in [0.2, 0.25) is 0 Å². The van der Waals surface area contributed by atoms with Crippen LogP contribution in [0.3, 0.4) is 0 Å². The summed E-state index contributed by atoms with van der Waals surface area (Å²) in [6.07, 6.45) is 3.91. The van der Waals surface area contributed by atoms with Crippen LogP contribution in [0, 0.1) is 0 Å². The number of amides is 2. The first-order valence-corrected chi connectivity index (χ1v) is 12.0. The molecule has 0 bridgehead atoms. The molecule has 172 valence electrons. The van der Waals surface area contributed by atoms with Gasteiger partial charge >= 0.3 is 6.03 Å². The number of hydrogen-bond acceptors (Lipinski definition) is 4. The van der Waals surface area contributed by atoms with Gasteiger partial charge in [0.05, 0.1) is 24.9 Å². The van der Waals surface area contributed by atoms with Crippen molar-refractivity contribution in [1.82, 2.24) is 10.2 Å². The second-order valence-corrected chi connectivity index (χ2v) is 9.99. The SMILES string of the molecule is COc1ccc([C@@]23CC[C@@H](NC(=O)Nc4ccc(Br)cc4Cl)C[C@@H]2N(C)CC3)cc1OC. The molecule has 2 amide bonds. The number of fused-ring (bicyclic) bond motifs is 1. The Morgan fingerprint density at radius 1 is 1.16 bits per heavy atom. The molecule has 0 radical (unpaired) electrons. The third-order valence-electron chi connectivity index (χ3n) is 7.00. The first-order chi connectivity index (χ1) is 15.4. The predicted molar refractivity (Wildman–Crippen MR) is 131 cm³/mol. The van der Waals surface area contributed by atoms with E-state index in [1.165, 1.54) is 5.56 Å². The lowest BCUT2D eigenvalue weighted by Gasteiger charge is -2.45. The Balaban J connectivity index is 1.48. The van der Waals surface area contributed by atoms with Crippen molar-refractivity contribution in [3.63, 3.8) is 0 Å². The molecule has 2 aromatic carbocycles. The summed E-state index contributed by atoms with van der Waals surface area (Å²) in [5.41, 5.74) is 1.94. The van der Waals surface area contributed by atoms with E-state index in [2.05, 4.69) is 50.6 Å². The summed E-state index contributed by atoms with van der Waals surface area (Å²) >= 11 is 9.63. The molecule has 1 aliphatic heterocycles. The smallest absolute Gasteiger partial charge is 0.319 e. The number of carbonyl (C=O) groups is 1. The maximum Gasteiger partial charge on any atom is 0.319 e. The number of nitrogens with one attached hydrogen (secondary N) is 2. The molecule has 1 saturated heterocycles. The molecule has 0 unspecified atom stereocenters. The summed E-state index contributed by atoms with van der Waals surface area (Å²) < 4.78 is 11.9. The van der Waals surface area contributed by atoms with Gasteiger partial charge in [-0.1, -0.05) is 33.6 Å². The van der Waals surface area contributed by atoms with E-state index in [1.807, 2.05) is 12.1 Å². The number of carbonyl (C=O) groups excluding carboxylic acids is 1. The van der Waals surface area contributed by atoms with E-state index in [-0.39, 0.29) is 17.5 Å². The fourth-order valence-electron chi connectivity index (χ4n) is 5.33. The van der Waals surface area contributed by atoms with Gasteiger partial charge in [0.25, 0.3) is 0 Å². The minimum absolute atomic E-state index is 0.0535. The maximum absolute atomic E-state index is 12.7. The van der Waals surface area contributed by atoms with E-state index in [9.17, 15) is 4.79 Å². The number of hydrogen-bond donors (Lipinski definition) is 2. The van der Waals surface area contributed by atoms with Crippen LogP contribution in [0.5, 0.6) is 11.5 Å². The van der Waals surface area contributed by atoms with E-state index in [4.69, 9.17) is 21.1 Å². The normalized spacial score (nSPS) is 25.2. The molecule has 32 heavy (non-hydrogen) atoms. The molecular weight excluding hydrogens is 494 g/mol. The van der Waals surface area contributed by atoms with Crippen molar-refractivity contribution < 1.29 is 14.3 Å². The lowest BCUT2D eigenvalue weighted by Crippen LogP contribution is -2.52. The van der Waals surface area contributed by atoms with E-state index in [0.717, 1.165) is 48.2 Å². The average Bonchev–Trinajstić information content (AvgIpc) is 3.12. The van der Waals surface area contributed by atoms with Crippen LogP contribution in [0.25, 0.3) is 0 Å². The van der Waals surface area contributed by atoms with Crippen molar-refractivity contribution in [1.29, 1.82) is 0 Å². The second kappa shape index (κ2) is 9.49. The molecular formula is C24H29BrClN3O3. The number of anilines is 1. The topological polar surface area (TPSA) is 62.8 Å². The minimum atomic E-state index is -0.224. The highest BCUT2D eigenvalue weighted by Gasteiger charge is 2.50. The monoisotopic (exact) mass is 521 g/mol. The third kappa shape index (κ3) is 4.43. The summed E-state index contributed by atoms with van der Waals surface area (Å²) in [7, 11) is 5.51. The van der Waals surface area contributed by atoms with Crippen LogP contribution in [0.2, 0.25) is 5.02 Å². The number of methoxy groups -OCH3 is 2. The van der Waals surface area contributed by atoms with Crippen LogP contribution in [0.15, 0.2) is 40.9 Å². The summed E-state index contributed by atoms with van der Waals surface area (Å²) in [5, 5.41) is 6.54. The zero-order valence-corrected chi connectivity index (χ0v) is 20.9. The Kier molecular flexibility index (Phi) is 6.89. The maximum atomic E-state index is 12.7. The zero-order chi connectivity index (χ0) is 22.9. The third-order valence-corrected chi connectivity index (χ3v) is 7.81. The Hall–Kier alpha value is -1.96. The molecule has 4 rings (SSSR count). The van der Waals surface area contributed by atoms with Gasteiger partial charge in [0.1, 0.15) is 0 Å². The van der Waals surface area contributed by atoms with Crippen molar-refractivity contribution >= 4 is 39.2 Å². The number of ether oxygens (including phenoxy) is 2. The van der Waals surface area contributed by atoms with Crippen molar-refractivity contribution in [2.75, 3.05) is 33.1 Å². The lowest BCUT2D eigenvalue weighted by atomic mass is 9.65. The molecule has 0 aromatic heterocycles. The van der Waals surface area contributed by atoms with E-state index in [1.54, 1.807) is 26.4 Å². The first-order valence-electron chi connectivity index (χ1n) is 10.8.